The molecule has 4 nitrogen and oxygen atoms in total. The molecule has 2 N–H and O–H groups in total. The van der Waals surface area contributed by atoms with E-state index in [1.165, 1.54) is 7.11 Å². The summed E-state index contributed by atoms with van der Waals surface area (Å²) in [4.78, 5) is 11.5. The summed E-state index contributed by atoms with van der Waals surface area (Å²) in [6.45, 7) is 0.106. The van der Waals surface area contributed by atoms with Crippen molar-refractivity contribution in [3.63, 3.8) is 0 Å². The number of carbonyl (C=O) groups is 1. The summed E-state index contributed by atoms with van der Waals surface area (Å²) in [7, 11) is 1.41. The monoisotopic (exact) mass is 277 g/mol. The highest BCUT2D eigenvalue weighted by molar-refractivity contribution is 5.94. The fourth-order valence-electron chi connectivity index (χ4n) is 1.48. The van der Waals surface area contributed by atoms with Crippen LogP contribution in [0.4, 0.5) is 13.2 Å². The number of rotatable bonds is 6. The maximum Gasteiger partial charge on any atom is 0.257 e. The van der Waals surface area contributed by atoms with Crippen molar-refractivity contribution in [2.75, 3.05) is 20.3 Å². The van der Waals surface area contributed by atoms with Gasteiger partial charge in [0.25, 0.3) is 5.91 Å². The number of hydrogen-bond donors (Lipinski definition) is 2. The van der Waals surface area contributed by atoms with Gasteiger partial charge < -0.3 is 15.2 Å². The van der Waals surface area contributed by atoms with Crippen LogP contribution in [0.5, 0.6) is 0 Å². The number of carbonyl (C=O) groups excluding carboxylic acids is 1. The third-order valence-corrected chi connectivity index (χ3v) is 2.36. The van der Waals surface area contributed by atoms with Crippen molar-refractivity contribution in [2.24, 2.45) is 0 Å². The van der Waals surface area contributed by atoms with Crippen LogP contribution < -0.4 is 5.32 Å². The molecule has 19 heavy (non-hydrogen) atoms. The van der Waals surface area contributed by atoms with Gasteiger partial charge in [0.2, 0.25) is 0 Å². The molecule has 106 valence electrons. The minimum absolute atomic E-state index is 0.0135. The van der Waals surface area contributed by atoms with E-state index in [2.05, 4.69) is 10.1 Å². The van der Waals surface area contributed by atoms with Gasteiger partial charge in [-0.3, -0.25) is 4.79 Å². The van der Waals surface area contributed by atoms with Gasteiger partial charge in [0.1, 0.15) is 23.0 Å². The van der Waals surface area contributed by atoms with Crippen molar-refractivity contribution in [2.45, 2.75) is 12.5 Å². The Morgan fingerprint density at radius 3 is 2.47 bits per heavy atom. The molecule has 0 saturated heterocycles. The summed E-state index contributed by atoms with van der Waals surface area (Å²) in [5.74, 6) is -4.64. The van der Waals surface area contributed by atoms with Gasteiger partial charge in [-0.2, -0.15) is 0 Å². The van der Waals surface area contributed by atoms with Crippen LogP contribution in [0.3, 0.4) is 0 Å². The van der Waals surface area contributed by atoms with Gasteiger partial charge >= 0.3 is 0 Å². The number of aliphatic hydroxyl groups excluding tert-OH is 1. The first-order valence-electron chi connectivity index (χ1n) is 5.55. The Kier molecular flexibility index (Phi) is 5.78. The normalized spacial score (nSPS) is 12.3. The number of amides is 1. The summed E-state index contributed by atoms with van der Waals surface area (Å²) in [6.07, 6.45) is -0.613. The van der Waals surface area contributed by atoms with Crippen LogP contribution in [0.2, 0.25) is 0 Å². The molecule has 0 saturated carbocycles. The zero-order chi connectivity index (χ0) is 14.4. The Hall–Kier alpha value is -1.60. The molecular weight excluding hydrogens is 263 g/mol. The summed E-state index contributed by atoms with van der Waals surface area (Å²) in [5.41, 5.74) is -0.845. The van der Waals surface area contributed by atoms with Crippen LogP contribution in [0.1, 0.15) is 16.8 Å². The molecule has 0 aliphatic heterocycles. The first-order chi connectivity index (χ1) is 8.95. The molecule has 0 fully saturated rings. The average molecular weight is 277 g/mol. The number of halogens is 3. The molecule has 0 aromatic heterocycles. The van der Waals surface area contributed by atoms with E-state index in [0.29, 0.717) is 12.1 Å². The van der Waals surface area contributed by atoms with E-state index in [1.54, 1.807) is 0 Å². The SMILES string of the molecule is COCC(O)CCNC(=O)c1c(F)cc(F)cc1F. The number of nitrogens with one attached hydrogen (secondary N) is 1. The largest absolute Gasteiger partial charge is 0.391 e. The van der Waals surface area contributed by atoms with E-state index in [1.807, 2.05) is 0 Å². The fourth-order valence-corrected chi connectivity index (χ4v) is 1.48. The first-order valence-corrected chi connectivity index (χ1v) is 5.55. The van der Waals surface area contributed by atoms with E-state index < -0.39 is 35.0 Å². The Bertz CT molecular complexity index is 431. The van der Waals surface area contributed by atoms with Gasteiger partial charge in [0.15, 0.2) is 0 Å². The minimum Gasteiger partial charge on any atom is -0.391 e. The maximum atomic E-state index is 13.3. The molecule has 1 amide bonds. The second-order valence-corrected chi connectivity index (χ2v) is 3.90. The molecule has 0 aliphatic carbocycles. The third kappa shape index (κ3) is 4.53. The number of aliphatic hydroxyl groups is 1. The molecule has 1 aromatic rings. The maximum absolute atomic E-state index is 13.3. The zero-order valence-corrected chi connectivity index (χ0v) is 10.3. The molecule has 0 bridgehead atoms. The molecule has 7 heteroatoms. The molecule has 0 radical (unpaired) electrons. The van der Waals surface area contributed by atoms with Crippen LogP contribution >= 0.6 is 0 Å². The number of benzene rings is 1. The van der Waals surface area contributed by atoms with Crippen molar-refractivity contribution in [3.05, 3.63) is 35.1 Å². The summed E-state index contributed by atoms with van der Waals surface area (Å²) >= 11 is 0. The lowest BCUT2D eigenvalue weighted by atomic mass is 10.1. The zero-order valence-electron chi connectivity index (χ0n) is 10.3. The van der Waals surface area contributed by atoms with Gasteiger partial charge in [-0.05, 0) is 6.42 Å². The van der Waals surface area contributed by atoms with Crippen LogP contribution in [0.15, 0.2) is 12.1 Å². The molecule has 1 atom stereocenters. The Morgan fingerprint density at radius 2 is 1.95 bits per heavy atom. The van der Waals surface area contributed by atoms with Crippen LogP contribution in [-0.2, 0) is 4.74 Å². The smallest absolute Gasteiger partial charge is 0.257 e. The van der Waals surface area contributed by atoms with Gasteiger partial charge in [-0.15, -0.1) is 0 Å². The molecular formula is C12H14F3NO3. The average Bonchev–Trinajstić information content (AvgIpc) is 2.27. The highest BCUT2D eigenvalue weighted by Gasteiger charge is 2.18. The van der Waals surface area contributed by atoms with Crippen LogP contribution in [0, 0.1) is 17.5 Å². The number of methoxy groups -OCH3 is 1. The lowest BCUT2D eigenvalue weighted by molar-refractivity contribution is 0.0587. The molecule has 0 heterocycles. The van der Waals surface area contributed by atoms with E-state index in [0.717, 1.165) is 0 Å². The molecule has 1 rings (SSSR count). The van der Waals surface area contributed by atoms with Crippen molar-refractivity contribution in [1.29, 1.82) is 0 Å². The third-order valence-electron chi connectivity index (χ3n) is 2.36. The minimum atomic E-state index is -1.27. The molecule has 0 spiro atoms. The Labute approximate surface area is 108 Å². The van der Waals surface area contributed by atoms with E-state index in [9.17, 15) is 23.1 Å². The Balaban J connectivity index is 2.59. The highest BCUT2D eigenvalue weighted by atomic mass is 19.1. The number of ether oxygens (including phenoxy) is 1. The van der Waals surface area contributed by atoms with Crippen molar-refractivity contribution in [1.82, 2.24) is 5.32 Å². The molecule has 1 aromatic carbocycles. The lowest BCUT2D eigenvalue weighted by Gasteiger charge is -2.10. The fraction of sp³-hybridized carbons (Fsp3) is 0.417. The topological polar surface area (TPSA) is 58.6 Å². The van der Waals surface area contributed by atoms with E-state index >= 15 is 0 Å². The van der Waals surface area contributed by atoms with E-state index in [-0.39, 0.29) is 19.6 Å². The summed E-state index contributed by atoms with van der Waals surface area (Å²) in [6, 6.07) is 0.857. The van der Waals surface area contributed by atoms with Gasteiger partial charge in [0, 0.05) is 25.8 Å². The molecule has 0 aliphatic rings. The molecule has 1 unspecified atom stereocenters. The highest BCUT2D eigenvalue weighted by Crippen LogP contribution is 2.14. The number of hydrogen-bond acceptors (Lipinski definition) is 3. The quantitative estimate of drug-likeness (QED) is 0.822. The van der Waals surface area contributed by atoms with E-state index in [4.69, 9.17) is 0 Å². The van der Waals surface area contributed by atoms with Gasteiger partial charge in [-0.1, -0.05) is 0 Å². The first kappa shape index (κ1) is 15.5. The van der Waals surface area contributed by atoms with Gasteiger partial charge in [0.05, 0.1) is 12.7 Å². The van der Waals surface area contributed by atoms with Gasteiger partial charge in [-0.25, -0.2) is 13.2 Å². The van der Waals surface area contributed by atoms with Crippen molar-refractivity contribution >= 4 is 5.91 Å². The predicted molar refractivity (Wildman–Crippen MR) is 61.1 cm³/mol. The summed E-state index contributed by atoms with van der Waals surface area (Å²) in [5, 5.41) is 11.5. The van der Waals surface area contributed by atoms with Crippen molar-refractivity contribution in [3.8, 4) is 0 Å². The second kappa shape index (κ2) is 7.10. The van der Waals surface area contributed by atoms with Crippen LogP contribution in [-0.4, -0.2) is 37.4 Å². The Morgan fingerprint density at radius 1 is 1.37 bits per heavy atom. The second-order valence-electron chi connectivity index (χ2n) is 3.90. The summed E-state index contributed by atoms with van der Waals surface area (Å²) < 4.78 is 43.8. The van der Waals surface area contributed by atoms with Crippen molar-refractivity contribution < 1.29 is 27.8 Å². The predicted octanol–water partition coefficient (Wildman–Crippen LogP) is 1.23. The lowest BCUT2D eigenvalue weighted by Crippen LogP contribution is -2.29. The van der Waals surface area contributed by atoms with Crippen LogP contribution in [0.25, 0.3) is 0 Å². The standard InChI is InChI=1S/C12H14F3NO3/c1-19-6-8(17)2-3-16-12(18)11-9(14)4-7(13)5-10(11)15/h4-5,8,17H,2-3,6H2,1H3,(H,16,18).